The summed E-state index contributed by atoms with van der Waals surface area (Å²) in [5.74, 6) is 1.81. The Kier molecular flexibility index (Phi) is 6.40. The Bertz CT molecular complexity index is 916. The Morgan fingerprint density at radius 1 is 0.967 bits per heavy atom. The molecule has 4 rings (SSSR count). The number of benzene rings is 2. The average Bonchev–Trinajstić information content (AvgIpc) is 3.26. The quantitative estimate of drug-likeness (QED) is 0.592. The molecule has 7 heteroatoms. The number of quaternary nitrogens is 2. The molecule has 1 aromatic heterocycles. The highest BCUT2D eigenvalue weighted by Crippen LogP contribution is 2.22. The highest BCUT2D eigenvalue weighted by Gasteiger charge is 2.35. The third-order valence-electron chi connectivity index (χ3n) is 6.02. The Morgan fingerprint density at radius 2 is 1.67 bits per heavy atom. The van der Waals surface area contributed by atoms with Gasteiger partial charge in [0.25, 0.3) is 0 Å². The van der Waals surface area contributed by atoms with E-state index < -0.39 is 0 Å². The number of tetrazole rings is 1. The predicted molar refractivity (Wildman–Crippen MR) is 115 cm³/mol. The van der Waals surface area contributed by atoms with Crippen LogP contribution in [0, 0.1) is 0 Å². The smallest absolute Gasteiger partial charge is 0.214 e. The minimum Gasteiger partial charge on any atom is -0.497 e. The zero-order valence-electron chi connectivity index (χ0n) is 18.1. The molecule has 1 aliphatic rings. The van der Waals surface area contributed by atoms with Gasteiger partial charge in [-0.1, -0.05) is 30.3 Å². The molecule has 1 saturated heterocycles. The van der Waals surface area contributed by atoms with E-state index in [2.05, 4.69) is 71.8 Å². The maximum absolute atomic E-state index is 5.36. The summed E-state index contributed by atoms with van der Waals surface area (Å²) in [5, 5.41) is 12.7. The molecule has 0 amide bonds. The second kappa shape index (κ2) is 9.36. The summed E-state index contributed by atoms with van der Waals surface area (Å²) in [4.78, 5) is 3.16. The number of ether oxygens (including phenoxy) is 1. The van der Waals surface area contributed by atoms with Crippen LogP contribution in [0.1, 0.15) is 42.9 Å². The molecule has 7 nitrogen and oxygen atoms in total. The SMILES string of the molecule is COc1ccc([C@H](c2nnnn2C(C)C)[NH+]2CC[NH+](Cc3ccccc3)CC2)cc1. The number of hydrogen-bond acceptors (Lipinski definition) is 4. The fourth-order valence-corrected chi connectivity index (χ4v) is 4.40. The minimum atomic E-state index is 0.117. The van der Waals surface area contributed by atoms with Gasteiger partial charge >= 0.3 is 0 Å². The van der Waals surface area contributed by atoms with E-state index in [0.717, 1.165) is 44.3 Å². The molecule has 0 unspecified atom stereocenters. The fourth-order valence-electron chi connectivity index (χ4n) is 4.40. The molecular weight excluding hydrogens is 376 g/mol. The van der Waals surface area contributed by atoms with E-state index in [1.807, 2.05) is 16.8 Å². The van der Waals surface area contributed by atoms with E-state index in [1.165, 1.54) is 16.0 Å². The lowest BCUT2D eigenvalue weighted by Crippen LogP contribution is -3.27. The second-order valence-corrected chi connectivity index (χ2v) is 8.35. The van der Waals surface area contributed by atoms with Crippen LogP contribution in [0.2, 0.25) is 0 Å². The summed E-state index contributed by atoms with van der Waals surface area (Å²) in [6.45, 7) is 9.80. The Balaban J connectivity index is 1.55. The van der Waals surface area contributed by atoms with E-state index in [1.54, 1.807) is 12.0 Å². The fraction of sp³-hybridized carbons (Fsp3) is 0.435. The number of rotatable bonds is 7. The van der Waals surface area contributed by atoms with E-state index in [-0.39, 0.29) is 12.1 Å². The van der Waals surface area contributed by atoms with Crippen molar-refractivity contribution >= 4 is 0 Å². The topological polar surface area (TPSA) is 61.7 Å². The number of piperazine rings is 1. The third kappa shape index (κ3) is 4.52. The lowest BCUT2D eigenvalue weighted by molar-refractivity contribution is -1.03. The molecule has 2 heterocycles. The molecule has 0 bridgehead atoms. The van der Waals surface area contributed by atoms with Crippen LogP contribution in [0.25, 0.3) is 0 Å². The monoisotopic (exact) mass is 408 g/mol. The van der Waals surface area contributed by atoms with E-state index in [4.69, 9.17) is 4.74 Å². The van der Waals surface area contributed by atoms with Gasteiger partial charge < -0.3 is 14.5 Å². The van der Waals surface area contributed by atoms with Crippen LogP contribution in [0.5, 0.6) is 5.75 Å². The van der Waals surface area contributed by atoms with E-state index in [0.29, 0.717) is 0 Å². The van der Waals surface area contributed by atoms with Crippen LogP contribution in [0.3, 0.4) is 0 Å². The van der Waals surface area contributed by atoms with Crippen LogP contribution < -0.4 is 14.5 Å². The maximum atomic E-state index is 5.36. The number of methoxy groups -OCH3 is 1. The summed E-state index contributed by atoms with van der Waals surface area (Å²) in [5.41, 5.74) is 2.64. The molecule has 0 radical (unpaired) electrons. The zero-order chi connectivity index (χ0) is 20.9. The minimum absolute atomic E-state index is 0.117. The van der Waals surface area contributed by atoms with Gasteiger partial charge in [-0.15, -0.1) is 5.10 Å². The molecule has 1 atom stereocenters. The first kappa shape index (κ1) is 20.5. The molecule has 0 spiro atoms. The predicted octanol–water partition coefficient (Wildman–Crippen LogP) is 0.336. The van der Waals surface area contributed by atoms with E-state index >= 15 is 0 Å². The number of hydrogen-bond donors (Lipinski definition) is 2. The summed E-state index contributed by atoms with van der Waals surface area (Å²) in [6, 6.07) is 19.5. The molecular formula is C23H32N6O+2. The van der Waals surface area contributed by atoms with E-state index in [9.17, 15) is 0 Å². The molecule has 30 heavy (non-hydrogen) atoms. The van der Waals surface area contributed by atoms with Gasteiger partial charge in [-0.05, 0) is 48.5 Å². The van der Waals surface area contributed by atoms with Crippen molar-refractivity contribution in [3.05, 3.63) is 71.5 Å². The van der Waals surface area contributed by atoms with Crippen molar-refractivity contribution in [3.8, 4) is 5.75 Å². The van der Waals surface area contributed by atoms with Crippen molar-refractivity contribution < 1.29 is 14.5 Å². The normalized spacial score (nSPS) is 20.3. The van der Waals surface area contributed by atoms with Crippen molar-refractivity contribution in [2.75, 3.05) is 33.3 Å². The molecule has 0 saturated carbocycles. The Morgan fingerprint density at radius 3 is 2.30 bits per heavy atom. The Hall–Kier alpha value is -2.77. The van der Waals surface area contributed by atoms with Gasteiger partial charge in [0.2, 0.25) is 5.82 Å². The maximum Gasteiger partial charge on any atom is 0.214 e. The van der Waals surface area contributed by atoms with Crippen LogP contribution in [0.15, 0.2) is 54.6 Å². The van der Waals surface area contributed by atoms with Crippen molar-refractivity contribution in [2.24, 2.45) is 0 Å². The largest absolute Gasteiger partial charge is 0.497 e. The summed E-state index contributed by atoms with van der Waals surface area (Å²) < 4.78 is 7.33. The first-order chi connectivity index (χ1) is 14.7. The Labute approximate surface area is 178 Å². The van der Waals surface area contributed by atoms with Crippen molar-refractivity contribution in [1.29, 1.82) is 0 Å². The summed E-state index contributed by atoms with van der Waals surface area (Å²) >= 11 is 0. The lowest BCUT2D eigenvalue weighted by atomic mass is 10.0. The lowest BCUT2D eigenvalue weighted by Gasteiger charge is -2.34. The van der Waals surface area contributed by atoms with Crippen LogP contribution >= 0.6 is 0 Å². The molecule has 2 N–H and O–H groups in total. The van der Waals surface area contributed by atoms with Gasteiger partial charge in [0.15, 0.2) is 6.04 Å². The molecule has 1 aliphatic heterocycles. The number of nitrogens with zero attached hydrogens (tertiary/aromatic N) is 4. The van der Waals surface area contributed by atoms with Gasteiger partial charge in [-0.25, -0.2) is 4.68 Å². The first-order valence-electron chi connectivity index (χ1n) is 10.8. The van der Waals surface area contributed by atoms with Crippen LogP contribution in [0.4, 0.5) is 0 Å². The average molecular weight is 409 g/mol. The molecule has 2 aromatic carbocycles. The van der Waals surface area contributed by atoms with Crippen molar-refractivity contribution in [3.63, 3.8) is 0 Å². The first-order valence-corrected chi connectivity index (χ1v) is 10.8. The van der Waals surface area contributed by atoms with Gasteiger partial charge in [0, 0.05) is 11.1 Å². The van der Waals surface area contributed by atoms with Gasteiger partial charge in [0.1, 0.15) is 38.5 Å². The molecule has 3 aromatic rings. The van der Waals surface area contributed by atoms with Crippen molar-refractivity contribution in [1.82, 2.24) is 20.2 Å². The molecule has 158 valence electrons. The van der Waals surface area contributed by atoms with Gasteiger partial charge in [-0.2, -0.15) is 0 Å². The zero-order valence-corrected chi connectivity index (χ0v) is 18.1. The highest BCUT2D eigenvalue weighted by atomic mass is 16.5. The van der Waals surface area contributed by atoms with Crippen LogP contribution in [-0.2, 0) is 6.54 Å². The highest BCUT2D eigenvalue weighted by molar-refractivity contribution is 5.30. The third-order valence-corrected chi connectivity index (χ3v) is 6.02. The van der Waals surface area contributed by atoms with Gasteiger partial charge in [0.05, 0.1) is 13.2 Å². The summed E-state index contributed by atoms with van der Waals surface area (Å²) in [6.07, 6.45) is 0. The molecule has 1 fully saturated rings. The number of aromatic nitrogens is 4. The van der Waals surface area contributed by atoms with Crippen molar-refractivity contribution in [2.45, 2.75) is 32.5 Å². The number of nitrogens with one attached hydrogen (secondary N) is 2. The van der Waals surface area contributed by atoms with Gasteiger partial charge in [-0.3, -0.25) is 0 Å². The molecule has 0 aliphatic carbocycles. The van der Waals surface area contributed by atoms with Crippen LogP contribution in [-0.4, -0.2) is 53.5 Å². The summed E-state index contributed by atoms with van der Waals surface area (Å²) in [7, 11) is 1.70. The second-order valence-electron chi connectivity index (χ2n) is 8.35. The standard InChI is InChI=1S/C23H30N6O/c1-18(2)29-23(24-25-26-29)22(20-9-11-21(30-3)12-10-20)28-15-13-27(14-16-28)17-19-7-5-4-6-8-19/h4-12,18,22H,13-17H2,1-3H3/p+2/t22-/m1/s1.